The number of carbonyl (C=O) groups excluding carboxylic acids is 4. The molecule has 166 valence electrons. The van der Waals surface area contributed by atoms with E-state index in [9.17, 15) is 19.2 Å². The number of hydrogen-bond acceptors (Lipinski definition) is 6. The Morgan fingerprint density at radius 3 is 2.10 bits per heavy atom. The summed E-state index contributed by atoms with van der Waals surface area (Å²) in [5, 5.41) is 7.69. The highest BCUT2D eigenvalue weighted by Gasteiger charge is 2.27. The van der Waals surface area contributed by atoms with E-state index >= 15 is 0 Å². The van der Waals surface area contributed by atoms with E-state index in [1.807, 2.05) is 36.6 Å². The third-order valence-corrected chi connectivity index (χ3v) is 5.07. The van der Waals surface area contributed by atoms with Crippen molar-refractivity contribution in [2.45, 2.75) is 50.9 Å². The molecule has 0 aliphatic carbocycles. The van der Waals surface area contributed by atoms with Crippen molar-refractivity contribution >= 4 is 35.4 Å². The minimum absolute atomic E-state index is 0.206. The summed E-state index contributed by atoms with van der Waals surface area (Å²) in [6.07, 6.45) is 2.61. The molecule has 4 atom stereocenters. The summed E-state index contributed by atoms with van der Waals surface area (Å²) in [5.74, 6) is -1.48. The first-order valence-electron chi connectivity index (χ1n) is 9.64. The third kappa shape index (κ3) is 8.83. The molecule has 0 heterocycles. The second kappa shape index (κ2) is 12.9. The topological polar surface area (TPSA) is 156 Å². The van der Waals surface area contributed by atoms with Crippen LogP contribution in [0.3, 0.4) is 0 Å². The van der Waals surface area contributed by atoms with Crippen LogP contribution in [0.4, 0.5) is 0 Å². The van der Waals surface area contributed by atoms with Gasteiger partial charge in [-0.15, -0.1) is 0 Å². The first-order chi connectivity index (χ1) is 14.1. The number of hydrogen-bond donors (Lipinski definition) is 5. The minimum atomic E-state index is -0.953. The van der Waals surface area contributed by atoms with E-state index in [1.54, 1.807) is 11.8 Å². The molecule has 9 nitrogen and oxygen atoms in total. The number of carbonyl (C=O) groups is 4. The van der Waals surface area contributed by atoms with Crippen molar-refractivity contribution in [2.24, 2.45) is 11.5 Å². The van der Waals surface area contributed by atoms with Crippen LogP contribution < -0.4 is 27.4 Å². The zero-order valence-corrected chi connectivity index (χ0v) is 18.3. The van der Waals surface area contributed by atoms with Gasteiger partial charge >= 0.3 is 0 Å². The van der Waals surface area contributed by atoms with E-state index < -0.39 is 47.8 Å². The Morgan fingerprint density at radius 1 is 0.933 bits per heavy atom. The average molecular weight is 438 g/mol. The van der Waals surface area contributed by atoms with Gasteiger partial charge in [0.05, 0.1) is 6.04 Å². The molecule has 0 spiro atoms. The Hall–Kier alpha value is -2.59. The van der Waals surface area contributed by atoms with Crippen LogP contribution in [-0.2, 0) is 25.6 Å². The minimum Gasteiger partial charge on any atom is -0.368 e. The van der Waals surface area contributed by atoms with Crippen LogP contribution in [0.1, 0.15) is 25.8 Å². The van der Waals surface area contributed by atoms with Crippen LogP contribution in [0.5, 0.6) is 0 Å². The largest absolute Gasteiger partial charge is 0.368 e. The van der Waals surface area contributed by atoms with Crippen LogP contribution in [0.2, 0.25) is 0 Å². The second-order valence-corrected chi connectivity index (χ2v) is 7.99. The molecule has 7 N–H and O–H groups in total. The fraction of sp³-hybridized carbons (Fsp3) is 0.500. The van der Waals surface area contributed by atoms with Crippen molar-refractivity contribution in [1.29, 1.82) is 0 Å². The van der Waals surface area contributed by atoms with Gasteiger partial charge in [0.1, 0.15) is 18.1 Å². The number of primary amides is 1. The molecule has 4 unspecified atom stereocenters. The molecule has 4 amide bonds. The van der Waals surface area contributed by atoms with Gasteiger partial charge in [-0.3, -0.25) is 19.2 Å². The lowest BCUT2D eigenvalue weighted by atomic mass is 10.0. The van der Waals surface area contributed by atoms with Crippen molar-refractivity contribution in [3.63, 3.8) is 0 Å². The van der Waals surface area contributed by atoms with Crippen molar-refractivity contribution in [3.8, 4) is 0 Å². The van der Waals surface area contributed by atoms with Crippen molar-refractivity contribution < 1.29 is 19.2 Å². The molecule has 10 heteroatoms. The molecule has 1 aromatic rings. The lowest BCUT2D eigenvalue weighted by Crippen LogP contribution is -2.57. The van der Waals surface area contributed by atoms with Crippen LogP contribution in [0.25, 0.3) is 0 Å². The number of nitrogens with one attached hydrogen (secondary N) is 3. The molecule has 1 rings (SSSR count). The molecular weight excluding hydrogens is 406 g/mol. The summed E-state index contributed by atoms with van der Waals surface area (Å²) in [6.45, 7) is 2.97. The zero-order valence-electron chi connectivity index (χ0n) is 17.5. The summed E-state index contributed by atoms with van der Waals surface area (Å²) in [4.78, 5) is 48.6. The van der Waals surface area contributed by atoms with Gasteiger partial charge in [0.25, 0.3) is 0 Å². The monoisotopic (exact) mass is 437 g/mol. The Morgan fingerprint density at radius 2 is 1.53 bits per heavy atom. The molecule has 30 heavy (non-hydrogen) atoms. The Kier molecular flexibility index (Phi) is 10.9. The molecule has 0 radical (unpaired) electrons. The summed E-state index contributed by atoms with van der Waals surface area (Å²) >= 11 is 1.58. The Bertz CT molecular complexity index is 731. The maximum atomic E-state index is 12.6. The van der Waals surface area contributed by atoms with Crippen molar-refractivity contribution in [3.05, 3.63) is 35.9 Å². The first kappa shape index (κ1) is 25.4. The number of thioether (sulfide) groups is 1. The number of amides is 4. The molecule has 0 saturated heterocycles. The maximum absolute atomic E-state index is 12.6. The van der Waals surface area contributed by atoms with Gasteiger partial charge in [-0.1, -0.05) is 30.3 Å². The number of benzene rings is 1. The molecule has 0 fully saturated rings. The fourth-order valence-electron chi connectivity index (χ4n) is 2.50. The number of rotatable bonds is 12. The highest BCUT2D eigenvalue weighted by atomic mass is 32.2. The van der Waals surface area contributed by atoms with Gasteiger partial charge in [-0.25, -0.2) is 0 Å². The van der Waals surface area contributed by atoms with Crippen molar-refractivity contribution in [2.75, 3.05) is 12.0 Å². The molecule has 0 aromatic heterocycles. The fourth-order valence-corrected chi connectivity index (χ4v) is 2.99. The quantitative estimate of drug-likeness (QED) is 0.291. The Labute approximate surface area is 181 Å². The van der Waals surface area contributed by atoms with Crippen LogP contribution in [-0.4, -0.2) is 59.8 Å². The lowest BCUT2D eigenvalue weighted by molar-refractivity contribution is -0.133. The SMILES string of the molecule is CSCCC(N)C(=O)NC(C)C(=O)NC(Cc1ccccc1)C(=O)NC(C)C(N)=O. The average Bonchev–Trinajstić information content (AvgIpc) is 2.71. The first-order valence-corrected chi connectivity index (χ1v) is 11.0. The van der Waals surface area contributed by atoms with Gasteiger partial charge in [-0.2, -0.15) is 11.8 Å². The highest BCUT2D eigenvalue weighted by Crippen LogP contribution is 2.05. The standard InChI is InChI=1S/C20H31N5O4S/c1-12(17(22)26)23-20(29)16(11-14-7-5-4-6-8-14)25-18(27)13(2)24-19(28)15(21)9-10-30-3/h4-8,12-13,15-16H,9-11,21H2,1-3H3,(H2,22,26)(H,23,29)(H,24,28)(H,25,27). The summed E-state index contributed by atoms with van der Waals surface area (Å²) < 4.78 is 0. The van der Waals surface area contributed by atoms with Gasteiger partial charge in [0.2, 0.25) is 23.6 Å². The molecule has 0 saturated carbocycles. The van der Waals surface area contributed by atoms with E-state index in [0.29, 0.717) is 6.42 Å². The van der Waals surface area contributed by atoms with Gasteiger partial charge in [-0.05, 0) is 37.8 Å². The van der Waals surface area contributed by atoms with Crippen molar-refractivity contribution in [1.82, 2.24) is 16.0 Å². The Balaban J connectivity index is 2.80. The lowest BCUT2D eigenvalue weighted by Gasteiger charge is -2.23. The zero-order chi connectivity index (χ0) is 22.7. The highest BCUT2D eigenvalue weighted by molar-refractivity contribution is 7.98. The maximum Gasteiger partial charge on any atom is 0.243 e. The van der Waals surface area contributed by atoms with E-state index in [1.165, 1.54) is 13.8 Å². The van der Waals surface area contributed by atoms with E-state index in [2.05, 4.69) is 16.0 Å². The summed E-state index contributed by atoms with van der Waals surface area (Å²) in [7, 11) is 0. The predicted octanol–water partition coefficient (Wildman–Crippen LogP) is -0.711. The van der Waals surface area contributed by atoms with Gasteiger partial charge in [0.15, 0.2) is 0 Å². The summed E-state index contributed by atoms with van der Waals surface area (Å²) in [5.41, 5.74) is 11.8. The van der Waals surface area contributed by atoms with Gasteiger partial charge in [0, 0.05) is 6.42 Å². The van der Waals surface area contributed by atoms with E-state index in [4.69, 9.17) is 11.5 Å². The van der Waals surface area contributed by atoms with E-state index in [-0.39, 0.29) is 6.42 Å². The van der Waals surface area contributed by atoms with Gasteiger partial charge < -0.3 is 27.4 Å². The molecule has 1 aromatic carbocycles. The van der Waals surface area contributed by atoms with Crippen LogP contribution >= 0.6 is 11.8 Å². The molecule has 0 aliphatic rings. The molecule has 0 bridgehead atoms. The van der Waals surface area contributed by atoms with Crippen LogP contribution in [0, 0.1) is 0 Å². The smallest absolute Gasteiger partial charge is 0.243 e. The predicted molar refractivity (Wildman–Crippen MR) is 117 cm³/mol. The summed E-state index contributed by atoms with van der Waals surface area (Å²) in [6, 6.07) is 5.66. The number of nitrogens with two attached hydrogens (primary N) is 2. The normalized spacial score (nSPS) is 14.7. The molecule has 0 aliphatic heterocycles. The second-order valence-electron chi connectivity index (χ2n) is 7.00. The van der Waals surface area contributed by atoms with E-state index in [0.717, 1.165) is 11.3 Å². The van der Waals surface area contributed by atoms with Crippen LogP contribution in [0.15, 0.2) is 30.3 Å². The third-order valence-electron chi connectivity index (χ3n) is 4.42. The molecular formula is C20H31N5O4S.